The minimum absolute atomic E-state index is 0.250. The molecule has 0 aliphatic carbocycles. The van der Waals surface area contributed by atoms with Crippen LogP contribution in [0.2, 0.25) is 0 Å². The summed E-state index contributed by atoms with van der Waals surface area (Å²) in [5.41, 5.74) is 3.92. The Morgan fingerprint density at radius 2 is 1.60 bits per heavy atom. The van der Waals surface area contributed by atoms with Crippen molar-refractivity contribution in [2.24, 2.45) is 7.05 Å². The van der Waals surface area contributed by atoms with Crippen molar-refractivity contribution in [3.05, 3.63) is 108 Å². The molecule has 1 saturated heterocycles. The van der Waals surface area contributed by atoms with Crippen LogP contribution >= 0.6 is 11.8 Å². The molecule has 10 nitrogen and oxygen atoms in total. The van der Waals surface area contributed by atoms with Crippen LogP contribution in [0, 0.1) is 0 Å². The maximum Gasteiger partial charge on any atom is 0.323 e. The summed E-state index contributed by atoms with van der Waals surface area (Å²) in [7, 11) is 1.92. The van der Waals surface area contributed by atoms with Gasteiger partial charge in [0.25, 0.3) is 5.24 Å². The number of carbonyl (C=O) groups excluding carboxylic acids is 3. The lowest BCUT2D eigenvalue weighted by atomic mass is 10.1. The lowest BCUT2D eigenvalue weighted by molar-refractivity contribution is -0.118. The van der Waals surface area contributed by atoms with Crippen molar-refractivity contribution >= 4 is 51.3 Å². The van der Waals surface area contributed by atoms with Gasteiger partial charge in [-0.25, -0.2) is 9.78 Å². The fourth-order valence-corrected chi connectivity index (χ4v) is 5.47. The molecule has 4 amide bonds. The molecule has 11 heteroatoms. The summed E-state index contributed by atoms with van der Waals surface area (Å²) in [4.78, 5) is 40.3. The van der Waals surface area contributed by atoms with E-state index in [4.69, 9.17) is 14.5 Å². The summed E-state index contributed by atoms with van der Waals surface area (Å²) >= 11 is 1.02. The predicted octanol–water partition coefficient (Wildman–Crippen LogP) is 6.48. The third-order valence-electron chi connectivity index (χ3n) is 6.78. The van der Waals surface area contributed by atoms with Gasteiger partial charge in [0, 0.05) is 30.6 Å². The smallest absolute Gasteiger partial charge is 0.323 e. The van der Waals surface area contributed by atoms with E-state index in [0.29, 0.717) is 35.0 Å². The number of carbonyl (C=O) groups is 3. The van der Waals surface area contributed by atoms with Crippen LogP contribution < -0.4 is 25.4 Å². The first-order valence-electron chi connectivity index (χ1n) is 13.5. The second-order valence-electron chi connectivity index (χ2n) is 9.83. The molecule has 43 heavy (non-hydrogen) atoms. The molecule has 1 aliphatic heterocycles. The number of fused-ring (bicyclic) bond motifs is 1. The first-order chi connectivity index (χ1) is 20.9. The molecular weight excluding hydrogens is 566 g/mol. The van der Waals surface area contributed by atoms with Gasteiger partial charge in [0.15, 0.2) is 0 Å². The molecule has 5 aromatic rings. The van der Waals surface area contributed by atoms with Crippen LogP contribution in [0.25, 0.3) is 11.0 Å². The lowest BCUT2D eigenvalue weighted by Crippen LogP contribution is -2.25. The van der Waals surface area contributed by atoms with Gasteiger partial charge in [-0.1, -0.05) is 48.2 Å². The van der Waals surface area contributed by atoms with Gasteiger partial charge < -0.3 is 24.7 Å². The topological polar surface area (TPSA) is 124 Å². The molecular formula is C32H27N5O5S. The van der Waals surface area contributed by atoms with Gasteiger partial charge in [-0.3, -0.25) is 14.9 Å². The summed E-state index contributed by atoms with van der Waals surface area (Å²) in [5.74, 6) is 2.36. The third kappa shape index (κ3) is 6.79. The Hall–Kier alpha value is -5.29. The lowest BCUT2D eigenvalue weighted by Gasteiger charge is -2.10. The van der Waals surface area contributed by atoms with Gasteiger partial charge in [0.1, 0.15) is 29.7 Å². The van der Waals surface area contributed by atoms with Gasteiger partial charge in [-0.05, 0) is 60.5 Å². The van der Waals surface area contributed by atoms with Gasteiger partial charge in [0.05, 0.1) is 16.3 Å². The van der Waals surface area contributed by atoms with Crippen molar-refractivity contribution in [1.82, 2.24) is 14.9 Å². The molecule has 1 fully saturated rings. The number of imidazole rings is 1. The Morgan fingerprint density at radius 1 is 0.884 bits per heavy atom. The largest absolute Gasteiger partial charge is 0.486 e. The maximum atomic E-state index is 12.4. The van der Waals surface area contributed by atoms with Crippen LogP contribution in [0.15, 0.2) is 97.1 Å². The highest BCUT2D eigenvalue weighted by Crippen LogP contribution is 2.28. The first-order valence-corrected chi connectivity index (χ1v) is 14.4. The molecule has 216 valence electrons. The van der Waals surface area contributed by atoms with Gasteiger partial charge in [-0.15, -0.1) is 0 Å². The van der Waals surface area contributed by atoms with Crippen LogP contribution in [0.4, 0.5) is 21.0 Å². The Bertz CT molecular complexity index is 1810. The fourth-order valence-electron chi connectivity index (χ4n) is 4.61. The number of para-hydroxylation sites is 1. The number of nitrogens with zero attached hydrogens (tertiary/aromatic N) is 2. The highest BCUT2D eigenvalue weighted by Gasteiger charge is 2.31. The van der Waals surface area contributed by atoms with E-state index in [2.05, 4.69) is 16.0 Å². The number of amides is 4. The Labute approximate surface area is 251 Å². The van der Waals surface area contributed by atoms with Crippen LogP contribution in [-0.4, -0.2) is 32.0 Å². The number of hydrogen-bond donors (Lipinski definition) is 3. The molecule has 4 aromatic carbocycles. The zero-order valence-corrected chi connectivity index (χ0v) is 23.9. The maximum absolute atomic E-state index is 12.4. The second-order valence-corrected chi connectivity index (χ2v) is 11.0. The number of imide groups is 1. The standard InChI is InChI=1S/C32H27N5O5S/c1-37-27-18-25(42-24-9-5-8-22(17-24)34-31(39)33-21-6-3-2-4-7-21)14-15-26(27)35-29(37)19-41-23-12-10-20(11-13-23)16-28-30(38)36-32(40)43-28/h2-15,17-18,28H,16,19H2,1H3,(H2,33,34,39)(H,36,38,40). The molecule has 6 rings (SSSR count). The van der Waals surface area contributed by atoms with Gasteiger partial charge in [0.2, 0.25) is 5.91 Å². The molecule has 3 N–H and O–H groups in total. The van der Waals surface area contributed by atoms with Gasteiger partial charge in [-0.2, -0.15) is 0 Å². The molecule has 0 saturated carbocycles. The molecule has 1 aliphatic rings. The van der Waals surface area contributed by atoms with E-state index in [0.717, 1.165) is 34.2 Å². The average molecular weight is 594 g/mol. The molecule has 2 heterocycles. The summed E-state index contributed by atoms with van der Waals surface area (Å²) in [6.07, 6.45) is 0.474. The number of ether oxygens (including phenoxy) is 2. The zero-order chi connectivity index (χ0) is 29.8. The summed E-state index contributed by atoms with van der Waals surface area (Å²) in [5, 5.41) is 7.22. The van der Waals surface area contributed by atoms with Crippen molar-refractivity contribution in [3.63, 3.8) is 0 Å². The molecule has 0 bridgehead atoms. The first kappa shape index (κ1) is 27.9. The number of urea groups is 1. The number of aromatic nitrogens is 2. The zero-order valence-electron chi connectivity index (χ0n) is 23.1. The fraction of sp³-hybridized carbons (Fsp3) is 0.125. The number of thioether (sulfide) groups is 1. The number of anilines is 2. The average Bonchev–Trinajstić information content (AvgIpc) is 3.49. The van der Waals surface area contributed by atoms with Crippen molar-refractivity contribution < 1.29 is 23.9 Å². The van der Waals surface area contributed by atoms with Crippen LogP contribution in [0.3, 0.4) is 0 Å². The van der Waals surface area contributed by atoms with Crippen LogP contribution in [0.5, 0.6) is 17.2 Å². The number of nitrogens with one attached hydrogen (secondary N) is 3. The quantitative estimate of drug-likeness (QED) is 0.179. The highest BCUT2D eigenvalue weighted by molar-refractivity contribution is 8.15. The molecule has 1 aromatic heterocycles. The van der Waals surface area contributed by atoms with Crippen molar-refractivity contribution in [3.8, 4) is 17.2 Å². The normalized spacial score (nSPS) is 14.4. The van der Waals surface area contributed by atoms with Crippen LogP contribution in [-0.2, 0) is 24.9 Å². The van der Waals surface area contributed by atoms with Crippen molar-refractivity contribution in [2.75, 3.05) is 10.6 Å². The molecule has 1 unspecified atom stereocenters. The summed E-state index contributed by atoms with van der Waals surface area (Å²) < 4.78 is 14.0. The summed E-state index contributed by atoms with van der Waals surface area (Å²) in [6, 6.07) is 29.2. The van der Waals surface area contributed by atoms with E-state index in [1.54, 1.807) is 12.1 Å². The van der Waals surface area contributed by atoms with E-state index < -0.39 is 5.25 Å². The number of benzene rings is 4. The second kappa shape index (κ2) is 12.3. The van der Waals surface area contributed by atoms with E-state index >= 15 is 0 Å². The highest BCUT2D eigenvalue weighted by atomic mass is 32.2. The number of hydrogen-bond acceptors (Lipinski definition) is 7. The van der Waals surface area contributed by atoms with E-state index in [1.165, 1.54) is 0 Å². The Balaban J connectivity index is 1.07. The molecule has 1 atom stereocenters. The minimum atomic E-state index is -0.403. The monoisotopic (exact) mass is 593 g/mol. The van der Waals surface area contributed by atoms with Crippen molar-refractivity contribution in [1.29, 1.82) is 0 Å². The number of rotatable bonds is 9. The van der Waals surface area contributed by atoms with E-state index in [-0.39, 0.29) is 23.8 Å². The van der Waals surface area contributed by atoms with Gasteiger partial charge >= 0.3 is 6.03 Å². The number of aryl methyl sites for hydroxylation is 1. The predicted molar refractivity (Wildman–Crippen MR) is 166 cm³/mol. The third-order valence-corrected chi connectivity index (χ3v) is 7.76. The van der Waals surface area contributed by atoms with E-state index in [1.807, 2.05) is 96.5 Å². The van der Waals surface area contributed by atoms with E-state index in [9.17, 15) is 14.4 Å². The summed E-state index contributed by atoms with van der Waals surface area (Å²) in [6.45, 7) is 0.259. The van der Waals surface area contributed by atoms with Crippen molar-refractivity contribution in [2.45, 2.75) is 18.3 Å². The molecule has 0 radical (unpaired) electrons. The van der Waals surface area contributed by atoms with Crippen LogP contribution in [0.1, 0.15) is 11.4 Å². The Kier molecular flexibility index (Phi) is 7.96. The minimum Gasteiger partial charge on any atom is -0.486 e. The SMILES string of the molecule is Cn1c(COc2ccc(CC3SC(=O)NC3=O)cc2)nc2ccc(Oc3cccc(NC(=O)Nc4ccccc4)c3)cc21. The molecule has 0 spiro atoms. The Morgan fingerprint density at radius 3 is 2.37 bits per heavy atom.